The van der Waals surface area contributed by atoms with Gasteiger partial charge in [0.25, 0.3) is 5.56 Å². The van der Waals surface area contributed by atoms with Gasteiger partial charge in [-0.1, -0.05) is 19.1 Å². The molecule has 0 amide bonds. The van der Waals surface area contributed by atoms with Crippen LogP contribution < -0.4 is 16.1 Å². The van der Waals surface area contributed by atoms with Gasteiger partial charge in [-0.25, -0.2) is 4.98 Å². The second kappa shape index (κ2) is 5.38. The van der Waals surface area contributed by atoms with Crippen molar-refractivity contribution >= 4 is 12.2 Å². The summed E-state index contributed by atoms with van der Waals surface area (Å²) in [6.07, 6.45) is 6.32. The smallest absolute Gasteiger partial charge is 0.257 e. The highest BCUT2D eigenvalue weighted by atomic mass is 16.6. The van der Waals surface area contributed by atoms with Crippen molar-refractivity contribution in [3.63, 3.8) is 0 Å². The molecule has 0 spiro atoms. The van der Waals surface area contributed by atoms with Gasteiger partial charge in [-0.05, 0) is 42.2 Å². The molecule has 0 fully saturated rings. The quantitative estimate of drug-likeness (QED) is 0.719. The topological polar surface area (TPSA) is 64.3 Å². The van der Waals surface area contributed by atoms with Gasteiger partial charge in [0, 0.05) is 17.0 Å². The number of hydrogen-bond acceptors (Lipinski definition) is 4. The standard InChI is InChI=1S/C20H20N2O3/c1-2-13-14-8-17-18-12(7-11-5-3-4-6-16(11)21-18)9-22(17)19(23)15(14)10-25-20(13)24/h5-8,13,20,24H,2-4,9-10H2,1H3. The van der Waals surface area contributed by atoms with Crippen LogP contribution in [-0.4, -0.2) is 20.9 Å². The molecule has 0 aromatic carbocycles. The maximum atomic E-state index is 13.0. The third kappa shape index (κ3) is 2.09. The molecule has 2 aromatic rings. The largest absolute Gasteiger partial charge is 0.367 e. The van der Waals surface area contributed by atoms with E-state index in [-0.39, 0.29) is 18.1 Å². The van der Waals surface area contributed by atoms with Crippen molar-refractivity contribution in [3.05, 3.63) is 49.7 Å². The number of rotatable bonds is 1. The van der Waals surface area contributed by atoms with Crippen LogP contribution in [0.4, 0.5) is 0 Å². The molecule has 0 radical (unpaired) electrons. The second-order valence-corrected chi connectivity index (χ2v) is 7.03. The van der Waals surface area contributed by atoms with Crippen LogP contribution in [0.25, 0.3) is 23.5 Å². The van der Waals surface area contributed by atoms with E-state index < -0.39 is 6.29 Å². The summed E-state index contributed by atoms with van der Waals surface area (Å²) < 4.78 is 7.22. The first-order chi connectivity index (χ1) is 12.2. The van der Waals surface area contributed by atoms with Crippen LogP contribution in [0.1, 0.15) is 48.8 Å². The van der Waals surface area contributed by atoms with E-state index in [1.165, 1.54) is 5.22 Å². The number of nitrogens with zero attached hydrogens (tertiary/aromatic N) is 2. The zero-order chi connectivity index (χ0) is 17.1. The number of hydrogen-bond donors (Lipinski definition) is 1. The van der Waals surface area contributed by atoms with E-state index in [9.17, 15) is 9.90 Å². The Labute approximate surface area is 144 Å². The van der Waals surface area contributed by atoms with Gasteiger partial charge in [-0.2, -0.15) is 0 Å². The second-order valence-electron chi connectivity index (χ2n) is 7.03. The summed E-state index contributed by atoms with van der Waals surface area (Å²) >= 11 is 0. The molecule has 1 N–H and O–H groups in total. The highest BCUT2D eigenvalue weighted by molar-refractivity contribution is 5.66. The molecule has 0 saturated carbocycles. The summed E-state index contributed by atoms with van der Waals surface area (Å²) in [5.74, 6) is -0.163. The van der Waals surface area contributed by atoms with Gasteiger partial charge in [-0.3, -0.25) is 4.79 Å². The van der Waals surface area contributed by atoms with Gasteiger partial charge in [0.1, 0.15) is 0 Å². The average Bonchev–Trinajstić information content (AvgIpc) is 2.98. The molecule has 0 bridgehead atoms. The van der Waals surface area contributed by atoms with E-state index in [0.717, 1.165) is 47.1 Å². The zero-order valence-electron chi connectivity index (χ0n) is 14.2. The summed E-state index contributed by atoms with van der Waals surface area (Å²) in [7, 11) is 0. The third-order valence-electron chi connectivity index (χ3n) is 5.62. The lowest BCUT2D eigenvalue weighted by Crippen LogP contribution is -2.34. The van der Waals surface area contributed by atoms with Gasteiger partial charge < -0.3 is 14.4 Å². The van der Waals surface area contributed by atoms with E-state index in [2.05, 4.69) is 24.3 Å². The molecule has 5 heteroatoms. The molecule has 2 aliphatic heterocycles. The summed E-state index contributed by atoms with van der Waals surface area (Å²) in [5, 5.41) is 12.3. The first-order valence-corrected chi connectivity index (χ1v) is 8.94. The lowest BCUT2D eigenvalue weighted by molar-refractivity contribution is -0.134. The first kappa shape index (κ1) is 15.0. The lowest BCUT2D eigenvalue weighted by atomic mass is 9.90. The van der Waals surface area contributed by atoms with Crippen molar-refractivity contribution in [2.45, 2.75) is 51.5 Å². The van der Waals surface area contributed by atoms with Gasteiger partial charge in [0.15, 0.2) is 6.29 Å². The maximum absolute atomic E-state index is 13.0. The summed E-state index contributed by atoms with van der Waals surface area (Å²) in [5.41, 5.74) is 4.45. The molecule has 5 rings (SSSR count). The number of ether oxygens (including phenoxy) is 1. The normalized spacial score (nSPS) is 23.0. The van der Waals surface area contributed by atoms with Crippen LogP contribution in [0.2, 0.25) is 0 Å². The number of aliphatic hydroxyl groups is 1. The summed E-state index contributed by atoms with van der Waals surface area (Å²) in [4.78, 5) is 17.9. The Morgan fingerprint density at radius 1 is 1.32 bits per heavy atom. The number of aliphatic hydroxyl groups excluding tert-OH is 1. The monoisotopic (exact) mass is 336 g/mol. The van der Waals surface area contributed by atoms with Crippen LogP contribution in [0.3, 0.4) is 0 Å². The van der Waals surface area contributed by atoms with Gasteiger partial charge in [0.05, 0.1) is 29.9 Å². The van der Waals surface area contributed by atoms with E-state index in [0.29, 0.717) is 12.1 Å². The molecule has 2 aromatic heterocycles. The summed E-state index contributed by atoms with van der Waals surface area (Å²) in [6.45, 7) is 2.74. The molecule has 2 atom stereocenters. The van der Waals surface area contributed by atoms with Crippen LogP contribution in [0.15, 0.2) is 16.9 Å². The highest BCUT2D eigenvalue weighted by Gasteiger charge is 2.33. The molecule has 0 saturated heterocycles. The maximum Gasteiger partial charge on any atom is 0.257 e. The minimum Gasteiger partial charge on any atom is -0.367 e. The Hall–Kier alpha value is -2.24. The van der Waals surface area contributed by atoms with Crippen LogP contribution in [0, 0.1) is 0 Å². The van der Waals surface area contributed by atoms with Crippen molar-refractivity contribution in [2.75, 3.05) is 0 Å². The van der Waals surface area contributed by atoms with Gasteiger partial charge >= 0.3 is 0 Å². The third-order valence-corrected chi connectivity index (χ3v) is 5.62. The SMILES string of the molecule is CCC1c2cc3n(c(=O)c2COC1O)Cc1cc2c(nc1-3)=CCCC=2. The molecule has 1 aliphatic carbocycles. The number of aromatic nitrogens is 2. The molecule has 25 heavy (non-hydrogen) atoms. The van der Waals surface area contributed by atoms with Crippen molar-refractivity contribution in [1.29, 1.82) is 0 Å². The number of pyridine rings is 2. The average molecular weight is 336 g/mol. The zero-order valence-corrected chi connectivity index (χ0v) is 14.2. The molecule has 3 aliphatic rings. The molecule has 128 valence electrons. The van der Waals surface area contributed by atoms with E-state index in [1.54, 1.807) is 4.57 Å². The molecular formula is C20H20N2O3. The lowest BCUT2D eigenvalue weighted by Gasteiger charge is -2.29. The van der Waals surface area contributed by atoms with Crippen molar-refractivity contribution in [2.24, 2.45) is 0 Å². The van der Waals surface area contributed by atoms with Crippen molar-refractivity contribution in [1.82, 2.24) is 9.55 Å². The number of fused-ring (bicyclic) bond motifs is 5. The van der Waals surface area contributed by atoms with Crippen LogP contribution in [-0.2, 0) is 17.9 Å². The molecule has 2 unspecified atom stereocenters. The minimum absolute atomic E-state index is 0.0122. The predicted octanol–water partition coefficient (Wildman–Crippen LogP) is 0.969. The fraction of sp³-hybridized carbons (Fsp3) is 0.400. The van der Waals surface area contributed by atoms with Gasteiger partial charge in [-0.15, -0.1) is 0 Å². The van der Waals surface area contributed by atoms with Gasteiger partial charge in [0.2, 0.25) is 0 Å². The van der Waals surface area contributed by atoms with Crippen LogP contribution >= 0.6 is 0 Å². The minimum atomic E-state index is -0.847. The Morgan fingerprint density at radius 3 is 3.00 bits per heavy atom. The van der Waals surface area contributed by atoms with E-state index in [1.807, 2.05) is 6.92 Å². The first-order valence-electron chi connectivity index (χ1n) is 8.94. The fourth-order valence-corrected chi connectivity index (χ4v) is 4.28. The Kier molecular flexibility index (Phi) is 3.24. The molecule has 4 heterocycles. The summed E-state index contributed by atoms with van der Waals surface area (Å²) in [6, 6.07) is 4.22. The molecule has 5 nitrogen and oxygen atoms in total. The Morgan fingerprint density at radius 2 is 2.16 bits per heavy atom. The molecular weight excluding hydrogens is 316 g/mol. The van der Waals surface area contributed by atoms with Crippen LogP contribution in [0.5, 0.6) is 0 Å². The fourth-order valence-electron chi connectivity index (χ4n) is 4.28. The highest BCUT2D eigenvalue weighted by Crippen LogP contribution is 2.36. The van der Waals surface area contributed by atoms with Crippen molar-refractivity contribution < 1.29 is 9.84 Å². The van der Waals surface area contributed by atoms with E-state index in [4.69, 9.17) is 9.72 Å². The van der Waals surface area contributed by atoms with Crippen molar-refractivity contribution in [3.8, 4) is 11.4 Å². The Bertz CT molecular complexity index is 1070. The Balaban J connectivity index is 1.77. The van der Waals surface area contributed by atoms with E-state index >= 15 is 0 Å². The predicted molar refractivity (Wildman–Crippen MR) is 94.3 cm³/mol.